The van der Waals surface area contributed by atoms with E-state index in [-0.39, 0.29) is 12.0 Å². The van der Waals surface area contributed by atoms with Gasteiger partial charge in [0.2, 0.25) is 0 Å². The first-order valence-corrected chi connectivity index (χ1v) is 16.1. The molecule has 3 fully saturated rings. The number of piperazine rings is 1. The van der Waals surface area contributed by atoms with Crippen LogP contribution in [0.2, 0.25) is 5.02 Å². The van der Waals surface area contributed by atoms with Gasteiger partial charge in [-0.15, -0.1) is 0 Å². The molecule has 1 saturated carbocycles. The third-order valence-electron chi connectivity index (χ3n) is 10.0. The number of nitriles is 1. The molecule has 0 bridgehead atoms. The number of anilines is 2. The number of benzene rings is 2. The predicted molar refractivity (Wildman–Crippen MR) is 170 cm³/mol. The lowest BCUT2D eigenvalue weighted by Gasteiger charge is -2.41. The van der Waals surface area contributed by atoms with Crippen molar-refractivity contribution in [1.82, 2.24) is 19.8 Å². The van der Waals surface area contributed by atoms with E-state index in [1.54, 1.807) is 0 Å². The van der Waals surface area contributed by atoms with E-state index in [2.05, 4.69) is 52.0 Å². The van der Waals surface area contributed by atoms with Crippen molar-refractivity contribution in [2.24, 2.45) is 0 Å². The summed E-state index contributed by atoms with van der Waals surface area (Å²) < 4.78 is 6.47. The number of halogens is 1. The van der Waals surface area contributed by atoms with E-state index < -0.39 is 12.1 Å². The molecule has 4 aliphatic rings. The molecule has 44 heavy (non-hydrogen) atoms. The lowest BCUT2D eigenvalue weighted by Crippen LogP contribution is -2.55. The summed E-state index contributed by atoms with van der Waals surface area (Å²) in [5, 5.41) is 22.1. The molecule has 10 nitrogen and oxygen atoms in total. The summed E-state index contributed by atoms with van der Waals surface area (Å²) in [6, 6.07) is 14.9. The van der Waals surface area contributed by atoms with Crippen LogP contribution < -0.4 is 14.5 Å². The Hall–Kier alpha value is -3.81. The molecule has 230 valence electrons. The minimum absolute atomic E-state index is 0.0616. The van der Waals surface area contributed by atoms with Gasteiger partial charge in [-0.25, -0.2) is 4.79 Å². The maximum absolute atomic E-state index is 11.9. The number of aromatic nitrogens is 2. The van der Waals surface area contributed by atoms with E-state index in [1.807, 2.05) is 12.1 Å². The number of fused-ring (bicyclic) bond motifs is 2. The van der Waals surface area contributed by atoms with Gasteiger partial charge in [0.25, 0.3) is 0 Å². The fraction of sp³-hybridized carbons (Fsp3) is 0.515. The fourth-order valence-electron chi connectivity index (χ4n) is 7.54. The highest BCUT2D eigenvalue weighted by Gasteiger charge is 2.51. The van der Waals surface area contributed by atoms with Crippen LogP contribution in [0.3, 0.4) is 0 Å². The molecule has 2 aromatic carbocycles. The number of likely N-dealkylation sites (tertiary alicyclic amines) is 1. The predicted octanol–water partition coefficient (Wildman–Crippen LogP) is 5.32. The van der Waals surface area contributed by atoms with E-state index in [4.69, 9.17) is 26.3 Å². The van der Waals surface area contributed by atoms with Crippen molar-refractivity contribution < 1.29 is 14.6 Å². The Morgan fingerprint density at radius 2 is 1.95 bits per heavy atom. The van der Waals surface area contributed by atoms with Gasteiger partial charge < -0.3 is 24.5 Å². The normalized spacial score (nSPS) is 23.0. The number of hydrogen-bond acceptors (Lipinski definition) is 8. The summed E-state index contributed by atoms with van der Waals surface area (Å²) >= 11 is 6.71. The Balaban J connectivity index is 1.22. The first kappa shape index (κ1) is 28.9. The summed E-state index contributed by atoms with van der Waals surface area (Å²) in [7, 11) is 0. The number of carbonyl (C=O) groups is 1. The van der Waals surface area contributed by atoms with E-state index >= 15 is 0 Å². The number of rotatable bonds is 7. The second-order valence-electron chi connectivity index (χ2n) is 12.7. The Kier molecular flexibility index (Phi) is 7.63. The van der Waals surface area contributed by atoms with Gasteiger partial charge in [-0.2, -0.15) is 15.2 Å². The molecule has 1 aromatic heterocycles. The van der Waals surface area contributed by atoms with Gasteiger partial charge in [0.05, 0.1) is 41.3 Å². The number of amides is 1. The van der Waals surface area contributed by atoms with Gasteiger partial charge in [0.1, 0.15) is 12.4 Å². The molecule has 2 saturated heterocycles. The van der Waals surface area contributed by atoms with Crippen LogP contribution in [0.25, 0.3) is 10.8 Å². The van der Waals surface area contributed by atoms with Gasteiger partial charge in [0.15, 0.2) is 0 Å². The van der Waals surface area contributed by atoms with Gasteiger partial charge >= 0.3 is 12.1 Å². The molecular weight excluding hydrogens is 578 g/mol. The van der Waals surface area contributed by atoms with Crippen LogP contribution in [0, 0.1) is 11.3 Å². The monoisotopic (exact) mass is 615 g/mol. The topological polar surface area (TPSA) is 109 Å². The zero-order valence-electron chi connectivity index (χ0n) is 25.1. The first-order chi connectivity index (χ1) is 21.4. The van der Waals surface area contributed by atoms with Crippen LogP contribution in [0.1, 0.15) is 50.3 Å². The summed E-state index contributed by atoms with van der Waals surface area (Å²) in [6.07, 6.45) is 4.56. The van der Waals surface area contributed by atoms with Crippen molar-refractivity contribution in [3.63, 3.8) is 0 Å². The smallest absolute Gasteiger partial charge is 0.407 e. The van der Waals surface area contributed by atoms with Crippen LogP contribution in [-0.4, -0.2) is 87.9 Å². The molecule has 0 radical (unpaired) electrons. The van der Waals surface area contributed by atoms with E-state index in [9.17, 15) is 15.2 Å². The largest absolute Gasteiger partial charge is 0.465 e. The minimum atomic E-state index is -0.992. The van der Waals surface area contributed by atoms with Crippen LogP contribution >= 0.6 is 11.6 Å². The zero-order chi connectivity index (χ0) is 30.4. The minimum Gasteiger partial charge on any atom is -0.465 e. The highest BCUT2D eigenvalue weighted by atomic mass is 35.5. The Labute approximate surface area is 262 Å². The lowest BCUT2D eigenvalue weighted by molar-refractivity contribution is 0.106. The lowest BCUT2D eigenvalue weighted by atomic mass is 10.0. The number of nitrogens with zero attached hydrogens (tertiary/aromatic N) is 7. The quantitative estimate of drug-likeness (QED) is 0.377. The highest BCUT2D eigenvalue weighted by molar-refractivity contribution is 6.36. The van der Waals surface area contributed by atoms with Crippen molar-refractivity contribution in [3.8, 4) is 12.1 Å². The van der Waals surface area contributed by atoms with E-state index in [0.717, 1.165) is 70.9 Å². The summed E-state index contributed by atoms with van der Waals surface area (Å²) in [6.45, 7) is 6.53. The summed E-state index contributed by atoms with van der Waals surface area (Å²) in [4.78, 5) is 30.4. The molecule has 7 rings (SSSR count). The van der Waals surface area contributed by atoms with Gasteiger partial charge in [-0.1, -0.05) is 35.9 Å². The standard InChI is InChI=1S/C33H38ClN7O3/c1-22-5-4-15-41(22)33(12-13-33)21-44-31-36-27-20-38(28-9-3-7-23-6-2-8-26(34)29(23)28)16-11-25(27)30(37-31)39-17-18-40(32(42)43)24(19-39)10-14-35/h2-3,6-9,22,24H,4-5,10-13,15-21H2,1H3,(H,42,43)/t22?,24-/m0/s1. The second-order valence-corrected chi connectivity index (χ2v) is 13.1. The molecule has 1 aliphatic carbocycles. The van der Waals surface area contributed by atoms with Gasteiger partial charge in [0, 0.05) is 48.9 Å². The molecule has 4 heterocycles. The third-order valence-corrected chi connectivity index (χ3v) is 10.3. The van der Waals surface area contributed by atoms with Crippen molar-refractivity contribution in [1.29, 1.82) is 5.26 Å². The second kappa shape index (κ2) is 11.6. The number of ether oxygens (including phenoxy) is 1. The number of carboxylic acid groups (broad SMARTS) is 1. The molecule has 1 amide bonds. The Morgan fingerprint density at radius 1 is 1.14 bits per heavy atom. The average molecular weight is 616 g/mol. The molecule has 1 N–H and O–H groups in total. The maximum atomic E-state index is 11.9. The van der Waals surface area contributed by atoms with Crippen molar-refractivity contribution in [2.45, 2.75) is 69.6 Å². The van der Waals surface area contributed by atoms with Gasteiger partial charge in [-0.3, -0.25) is 4.90 Å². The third kappa shape index (κ3) is 5.26. The SMILES string of the molecule is CC1CCCN1C1(COc2nc3c(c(N4CCN(C(=O)O)[C@@H](CC#N)C4)n2)CCN(c2cccc4cccc(Cl)c24)C3)CC1. The Morgan fingerprint density at radius 3 is 2.68 bits per heavy atom. The van der Waals surface area contributed by atoms with Crippen molar-refractivity contribution >= 4 is 40.0 Å². The Bertz CT molecular complexity index is 1620. The van der Waals surface area contributed by atoms with Crippen LogP contribution in [0.15, 0.2) is 36.4 Å². The maximum Gasteiger partial charge on any atom is 0.407 e. The molecule has 2 atom stereocenters. The zero-order valence-corrected chi connectivity index (χ0v) is 25.8. The van der Waals surface area contributed by atoms with Crippen LogP contribution in [-0.2, 0) is 13.0 Å². The van der Waals surface area contributed by atoms with E-state index in [1.165, 1.54) is 17.7 Å². The highest BCUT2D eigenvalue weighted by Crippen LogP contribution is 2.46. The van der Waals surface area contributed by atoms with Crippen molar-refractivity contribution in [2.75, 3.05) is 49.1 Å². The molecule has 3 aliphatic heterocycles. The van der Waals surface area contributed by atoms with Crippen LogP contribution in [0.4, 0.5) is 16.3 Å². The van der Waals surface area contributed by atoms with Gasteiger partial charge in [-0.05, 0) is 63.1 Å². The summed E-state index contributed by atoms with van der Waals surface area (Å²) in [5.41, 5.74) is 3.11. The molecule has 11 heteroatoms. The molecule has 3 aromatic rings. The first-order valence-electron chi connectivity index (χ1n) is 15.7. The summed E-state index contributed by atoms with van der Waals surface area (Å²) in [5.74, 6) is 0.799. The average Bonchev–Trinajstić information content (AvgIpc) is 3.69. The van der Waals surface area contributed by atoms with Crippen molar-refractivity contribution in [3.05, 3.63) is 52.7 Å². The van der Waals surface area contributed by atoms with E-state index in [0.29, 0.717) is 44.8 Å². The fourth-order valence-corrected chi connectivity index (χ4v) is 7.81. The molecular formula is C33H38ClN7O3. The molecule has 0 spiro atoms. The van der Waals surface area contributed by atoms with Crippen LogP contribution in [0.5, 0.6) is 6.01 Å². The number of hydrogen-bond donors (Lipinski definition) is 1. The molecule has 1 unspecified atom stereocenters.